The number of benzene rings is 1. The highest BCUT2D eigenvalue weighted by molar-refractivity contribution is 9.08. The van der Waals surface area contributed by atoms with Crippen LogP contribution >= 0.6 is 31.9 Å². The van der Waals surface area contributed by atoms with Gasteiger partial charge in [-0.05, 0) is 29.5 Å². The number of hydrogen-bond acceptors (Lipinski definition) is 0. The molecule has 0 aliphatic heterocycles. The number of unbranched alkanes of at least 4 members (excludes halogenated alkanes) is 7. The van der Waals surface area contributed by atoms with Crippen molar-refractivity contribution < 1.29 is 0 Å². The zero-order chi connectivity index (χ0) is 17.1. The molecule has 0 aromatic heterocycles. The third kappa shape index (κ3) is 7.44. The number of hydrogen-bond donors (Lipinski definition) is 0. The molecule has 0 saturated heterocycles. The Hall–Kier alpha value is 0.397. The maximum absolute atomic E-state index is 3.70. The Bertz CT molecular complexity index is 444. The second kappa shape index (κ2) is 12.7. The van der Waals surface area contributed by atoms with E-state index in [9.17, 15) is 0 Å². The second-order valence-electron chi connectivity index (χ2n) is 6.92. The quantitative estimate of drug-likeness (QED) is 0.181. The van der Waals surface area contributed by atoms with Crippen LogP contribution in [0.15, 0.2) is 12.1 Å². The summed E-state index contributed by atoms with van der Waals surface area (Å²) in [7, 11) is -0.796. The van der Waals surface area contributed by atoms with Crippen molar-refractivity contribution >= 4 is 45.8 Å². The van der Waals surface area contributed by atoms with Gasteiger partial charge in [0, 0.05) is 10.7 Å². The number of halogens is 2. The van der Waals surface area contributed by atoms with Crippen molar-refractivity contribution in [3.63, 3.8) is 0 Å². The highest BCUT2D eigenvalue weighted by Crippen LogP contribution is 2.19. The van der Waals surface area contributed by atoms with Gasteiger partial charge in [0.15, 0.2) is 0 Å². The Balaban J connectivity index is 2.57. The molecule has 0 amide bonds. The average molecular weight is 462 g/mol. The largest absolute Gasteiger partial charge is 0.0876 e. The van der Waals surface area contributed by atoms with Crippen LogP contribution in [-0.4, -0.2) is 8.80 Å². The molecule has 0 radical (unpaired) electrons. The molecule has 1 rings (SSSR count). The molecular formula is C20H34Br2Si. The van der Waals surface area contributed by atoms with Gasteiger partial charge in [-0.25, -0.2) is 0 Å². The van der Waals surface area contributed by atoms with Crippen LogP contribution in [0.1, 0.15) is 75.0 Å². The van der Waals surface area contributed by atoms with Gasteiger partial charge in [-0.1, -0.05) is 114 Å². The molecule has 3 heteroatoms. The van der Waals surface area contributed by atoms with Crippen molar-refractivity contribution in [2.75, 3.05) is 0 Å². The fraction of sp³-hybridized carbons (Fsp3) is 0.700. The van der Waals surface area contributed by atoms with E-state index in [1.165, 1.54) is 68.9 Å². The van der Waals surface area contributed by atoms with Crippen molar-refractivity contribution in [2.45, 2.75) is 88.5 Å². The summed E-state index contributed by atoms with van der Waals surface area (Å²) in [4.78, 5) is 0. The molecule has 0 heterocycles. The van der Waals surface area contributed by atoms with E-state index in [0.717, 1.165) is 10.7 Å². The second-order valence-corrected chi connectivity index (χ2v) is 10.9. The first kappa shape index (κ1) is 21.4. The minimum atomic E-state index is -0.796. The van der Waals surface area contributed by atoms with E-state index in [-0.39, 0.29) is 0 Å². The molecule has 0 atom stereocenters. The lowest BCUT2D eigenvalue weighted by molar-refractivity contribution is 0.575. The maximum Gasteiger partial charge on any atom is 0.0655 e. The summed E-state index contributed by atoms with van der Waals surface area (Å²) < 4.78 is 0. The summed E-state index contributed by atoms with van der Waals surface area (Å²) in [6.07, 6.45) is 12.5. The van der Waals surface area contributed by atoms with Crippen LogP contribution in [0.4, 0.5) is 0 Å². The van der Waals surface area contributed by atoms with E-state index in [4.69, 9.17) is 0 Å². The minimum absolute atomic E-state index is 0.796. The van der Waals surface area contributed by atoms with Crippen LogP contribution in [-0.2, 0) is 17.1 Å². The predicted octanol–water partition coefficient (Wildman–Crippen LogP) is 6.85. The molecule has 132 valence electrons. The Kier molecular flexibility index (Phi) is 11.9. The van der Waals surface area contributed by atoms with Crippen molar-refractivity contribution in [3.05, 3.63) is 28.8 Å². The molecule has 1 aromatic carbocycles. The fourth-order valence-electron chi connectivity index (χ4n) is 3.45. The van der Waals surface area contributed by atoms with Gasteiger partial charge in [-0.2, -0.15) is 0 Å². The third-order valence-electron chi connectivity index (χ3n) is 4.69. The van der Waals surface area contributed by atoms with E-state index in [0.29, 0.717) is 0 Å². The highest BCUT2D eigenvalue weighted by Gasteiger charge is 2.15. The standard InChI is InChI=1S/C20H34Br2Si/c1-4-5-6-7-8-9-10-11-12-19-17(15-21)13-14-18(16-22)20(19)23(2)3/h13-14,23H,4-12,15-16H2,1-3H3. The topological polar surface area (TPSA) is 0 Å². The molecule has 1 aromatic rings. The van der Waals surface area contributed by atoms with Gasteiger partial charge in [-0.15, -0.1) is 0 Å². The molecule has 0 saturated carbocycles. The van der Waals surface area contributed by atoms with E-state index < -0.39 is 8.80 Å². The molecule has 0 nitrogen and oxygen atoms in total. The predicted molar refractivity (Wildman–Crippen MR) is 117 cm³/mol. The van der Waals surface area contributed by atoms with E-state index in [2.05, 4.69) is 64.0 Å². The zero-order valence-electron chi connectivity index (χ0n) is 15.3. The summed E-state index contributed by atoms with van der Waals surface area (Å²) in [6, 6.07) is 4.68. The van der Waals surface area contributed by atoms with Crippen LogP contribution in [0.2, 0.25) is 13.1 Å². The smallest absolute Gasteiger partial charge is 0.0655 e. The summed E-state index contributed by atoms with van der Waals surface area (Å²) in [6.45, 7) is 7.23. The van der Waals surface area contributed by atoms with Gasteiger partial charge in [0.1, 0.15) is 0 Å². The van der Waals surface area contributed by atoms with E-state index in [1.807, 2.05) is 0 Å². The fourth-order valence-corrected chi connectivity index (χ4v) is 6.73. The SMILES string of the molecule is CCCCCCCCCCc1c(CBr)ccc(CBr)c1[SiH](C)C. The normalized spacial score (nSPS) is 11.4. The van der Waals surface area contributed by atoms with Crippen molar-refractivity contribution in [1.29, 1.82) is 0 Å². The first-order chi connectivity index (χ1) is 11.2. The first-order valence-electron chi connectivity index (χ1n) is 9.41. The van der Waals surface area contributed by atoms with Gasteiger partial charge in [0.05, 0.1) is 8.80 Å². The first-order valence-corrected chi connectivity index (χ1v) is 14.5. The molecule has 23 heavy (non-hydrogen) atoms. The molecule has 0 fully saturated rings. The molecule has 0 unspecified atom stereocenters. The van der Waals surface area contributed by atoms with Crippen molar-refractivity contribution in [3.8, 4) is 0 Å². The van der Waals surface area contributed by atoms with Crippen LogP contribution < -0.4 is 5.19 Å². The Morgan fingerprint density at radius 1 is 0.783 bits per heavy atom. The lowest BCUT2D eigenvalue weighted by Gasteiger charge is -2.20. The molecule has 0 spiro atoms. The number of rotatable bonds is 12. The molecule has 0 N–H and O–H groups in total. The highest BCUT2D eigenvalue weighted by atomic mass is 79.9. The summed E-state index contributed by atoms with van der Waals surface area (Å²) in [5, 5.41) is 3.72. The minimum Gasteiger partial charge on any atom is -0.0876 e. The van der Waals surface area contributed by atoms with Crippen LogP contribution in [0.25, 0.3) is 0 Å². The lowest BCUT2D eigenvalue weighted by atomic mass is 9.99. The third-order valence-corrected chi connectivity index (χ3v) is 7.77. The molecular weight excluding hydrogens is 428 g/mol. The molecule has 0 aliphatic rings. The lowest BCUT2D eigenvalue weighted by Crippen LogP contribution is -2.31. The van der Waals surface area contributed by atoms with E-state index in [1.54, 1.807) is 10.8 Å². The van der Waals surface area contributed by atoms with Gasteiger partial charge < -0.3 is 0 Å². The Morgan fingerprint density at radius 3 is 1.83 bits per heavy atom. The van der Waals surface area contributed by atoms with Crippen LogP contribution in [0.3, 0.4) is 0 Å². The van der Waals surface area contributed by atoms with E-state index >= 15 is 0 Å². The molecule has 0 aliphatic carbocycles. The van der Waals surface area contributed by atoms with Gasteiger partial charge in [0.25, 0.3) is 0 Å². The monoisotopic (exact) mass is 460 g/mol. The maximum atomic E-state index is 3.70. The zero-order valence-corrected chi connectivity index (χ0v) is 19.6. The summed E-state index contributed by atoms with van der Waals surface area (Å²) in [5.74, 6) is 0. The van der Waals surface area contributed by atoms with Gasteiger partial charge >= 0.3 is 0 Å². The van der Waals surface area contributed by atoms with Crippen LogP contribution in [0.5, 0.6) is 0 Å². The van der Waals surface area contributed by atoms with Crippen molar-refractivity contribution in [1.82, 2.24) is 0 Å². The van der Waals surface area contributed by atoms with Gasteiger partial charge in [0.2, 0.25) is 0 Å². The van der Waals surface area contributed by atoms with Gasteiger partial charge in [-0.3, -0.25) is 0 Å². The Labute approximate surface area is 162 Å². The van der Waals surface area contributed by atoms with Crippen LogP contribution in [0, 0.1) is 0 Å². The molecule has 0 bridgehead atoms. The Morgan fingerprint density at radius 2 is 1.30 bits per heavy atom. The number of alkyl halides is 2. The summed E-state index contributed by atoms with van der Waals surface area (Å²) in [5.41, 5.74) is 4.73. The van der Waals surface area contributed by atoms with Crippen molar-refractivity contribution in [2.24, 2.45) is 0 Å². The average Bonchev–Trinajstić information content (AvgIpc) is 2.56. The summed E-state index contributed by atoms with van der Waals surface area (Å²) >= 11 is 7.39.